The van der Waals surface area contributed by atoms with E-state index in [0.717, 1.165) is 33.8 Å². The molecule has 130 valence electrons. The summed E-state index contributed by atoms with van der Waals surface area (Å²) in [5, 5.41) is 0. The summed E-state index contributed by atoms with van der Waals surface area (Å²) < 4.78 is 7.31. The molecule has 0 aromatic carbocycles. The summed E-state index contributed by atoms with van der Waals surface area (Å²) in [6.07, 6.45) is 1.10. The van der Waals surface area contributed by atoms with E-state index >= 15 is 0 Å². The van der Waals surface area contributed by atoms with Crippen LogP contribution in [0.4, 0.5) is 0 Å². The van der Waals surface area contributed by atoms with E-state index in [9.17, 15) is 0 Å². The lowest BCUT2D eigenvalue weighted by Crippen LogP contribution is -2.29. The topological polar surface area (TPSA) is 9.72 Å². The maximum Gasteiger partial charge on any atom is 0.166 e. The Morgan fingerprint density at radius 1 is 1.14 bits per heavy atom. The minimum absolute atomic E-state index is 0.841. The van der Waals surface area contributed by atoms with Crippen LogP contribution in [-0.4, -0.2) is 54.5 Å². The maximum absolute atomic E-state index is 6.05. The van der Waals surface area contributed by atoms with Crippen LogP contribution >= 0.6 is 65.3 Å². The van der Waals surface area contributed by atoms with Crippen molar-refractivity contribution in [3.05, 3.63) is 0 Å². The number of thiocarbonyl (C=S) groups is 2. The summed E-state index contributed by atoms with van der Waals surface area (Å²) >= 11 is 22.1. The number of hydrogen-bond donors (Lipinski definition) is 0. The highest BCUT2D eigenvalue weighted by atomic mass is 32.9. The van der Waals surface area contributed by atoms with E-state index < -0.39 is 5.54 Å². The molecular weight excluding hydrogens is 410 g/mol. The number of thioether (sulfide) groups is 1. The molecule has 0 fully saturated rings. The van der Waals surface area contributed by atoms with Crippen LogP contribution in [-0.2, 0) is 11.8 Å². The van der Waals surface area contributed by atoms with Gasteiger partial charge in [0.25, 0.3) is 0 Å². The summed E-state index contributed by atoms with van der Waals surface area (Å²) in [5.41, 5.74) is -1.97. The van der Waals surface area contributed by atoms with E-state index in [1.165, 1.54) is 0 Å². The Labute approximate surface area is 164 Å². The standard InChI is InChI=1S/C12H26N3PS6/c1-7-10-21-16(19,13(5)11(4)17)14(6)22-15(8-2)12(18)20-9-3/h7-10H2,1-6H3. The predicted octanol–water partition coefficient (Wildman–Crippen LogP) is 5.49. The van der Waals surface area contributed by atoms with Crippen molar-refractivity contribution in [2.24, 2.45) is 0 Å². The molecule has 0 radical (unpaired) electrons. The smallest absolute Gasteiger partial charge is 0.166 e. The van der Waals surface area contributed by atoms with Crippen molar-refractivity contribution in [1.29, 1.82) is 0 Å². The molecule has 1 atom stereocenters. The highest BCUT2D eigenvalue weighted by Gasteiger charge is 2.31. The Morgan fingerprint density at radius 3 is 2.14 bits per heavy atom. The molecule has 0 spiro atoms. The van der Waals surface area contributed by atoms with Crippen LogP contribution in [0.25, 0.3) is 0 Å². The zero-order valence-corrected chi connectivity index (χ0v) is 19.9. The Hall–Kier alpha value is 1.44. The van der Waals surface area contributed by atoms with Gasteiger partial charge in [0.1, 0.15) is 4.32 Å². The van der Waals surface area contributed by atoms with Crippen LogP contribution in [0.2, 0.25) is 0 Å². The van der Waals surface area contributed by atoms with Crippen molar-refractivity contribution < 1.29 is 0 Å². The molecule has 0 N–H and O–H groups in total. The molecule has 0 amide bonds. The first-order chi connectivity index (χ1) is 10.2. The molecule has 0 saturated carbocycles. The molecule has 0 aliphatic heterocycles. The number of hydrogen-bond acceptors (Lipinski definition) is 6. The zero-order chi connectivity index (χ0) is 17.3. The predicted molar refractivity (Wildman–Crippen MR) is 122 cm³/mol. The minimum atomic E-state index is -1.97. The molecule has 0 bridgehead atoms. The third-order valence-electron chi connectivity index (χ3n) is 2.63. The summed E-state index contributed by atoms with van der Waals surface area (Å²) in [5.74, 6) is 2.02. The second kappa shape index (κ2) is 11.9. The molecule has 0 aliphatic carbocycles. The third-order valence-corrected chi connectivity index (χ3v) is 15.2. The van der Waals surface area contributed by atoms with Crippen molar-refractivity contribution in [3.8, 4) is 0 Å². The van der Waals surface area contributed by atoms with E-state index in [1.807, 2.05) is 25.4 Å². The first kappa shape index (κ1) is 23.4. The van der Waals surface area contributed by atoms with E-state index in [1.54, 1.807) is 23.9 Å². The molecule has 0 saturated heterocycles. The van der Waals surface area contributed by atoms with Crippen molar-refractivity contribution in [3.63, 3.8) is 0 Å². The molecule has 0 rings (SSSR count). The highest BCUT2D eigenvalue weighted by Crippen LogP contribution is 2.66. The van der Waals surface area contributed by atoms with Crippen LogP contribution in [0, 0.1) is 0 Å². The van der Waals surface area contributed by atoms with Crippen LogP contribution in [0.5, 0.6) is 0 Å². The largest absolute Gasteiger partial charge is 0.322 e. The van der Waals surface area contributed by atoms with E-state index in [-0.39, 0.29) is 0 Å². The lowest BCUT2D eigenvalue weighted by Gasteiger charge is -2.39. The van der Waals surface area contributed by atoms with Gasteiger partial charge in [0.2, 0.25) is 0 Å². The number of rotatable bonds is 9. The van der Waals surface area contributed by atoms with E-state index in [4.69, 9.17) is 36.2 Å². The average Bonchev–Trinajstić information content (AvgIpc) is 2.48. The molecule has 10 heteroatoms. The van der Waals surface area contributed by atoms with Gasteiger partial charge in [-0.2, -0.15) is 4.08 Å². The lowest BCUT2D eigenvalue weighted by molar-refractivity contribution is 0.693. The highest BCUT2D eigenvalue weighted by molar-refractivity contribution is 8.70. The van der Waals surface area contributed by atoms with Gasteiger partial charge in [-0.15, -0.1) is 0 Å². The van der Waals surface area contributed by atoms with E-state index in [0.29, 0.717) is 0 Å². The van der Waals surface area contributed by atoms with Crippen LogP contribution in [0.3, 0.4) is 0 Å². The lowest BCUT2D eigenvalue weighted by atomic mass is 10.6. The molecular formula is C12H26N3PS6. The summed E-state index contributed by atoms with van der Waals surface area (Å²) in [7, 11) is 4.07. The molecule has 0 aliphatic rings. The second-order valence-electron chi connectivity index (χ2n) is 4.31. The molecule has 1 unspecified atom stereocenters. The summed E-state index contributed by atoms with van der Waals surface area (Å²) in [6.45, 7) is 9.20. The fraction of sp³-hybridized carbons (Fsp3) is 0.833. The van der Waals surface area contributed by atoms with Gasteiger partial charge in [-0.05, 0) is 37.8 Å². The average molecular weight is 436 g/mol. The minimum Gasteiger partial charge on any atom is -0.322 e. The summed E-state index contributed by atoms with van der Waals surface area (Å²) in [4.78, 5) is 0.841. The van der Waals surface area contributed by atoms with Gasteiger partial charge < -0.3 is 4.67 Å². The first-order valence-electron chi connectivity index (χ1n) is 7.10. The van der Waals surface area contributed by atoms with Crippen molar-refractivity contribution in [2.75, 3.05) is 32.1 Å². The van der Waals surface area contributed by atoms with Crippen molar-refractivity contribution in [1.82, 2.24) is 13.1 Å². The molecule has 0 aromatic heterocycles. The van der Waals surface area contributed by atoms with E-state index in [2.05, 4.69) is 40.9 Å². The quantitative estimate of drug-likeness (QED) is 0.262. The molecule has 3 nitrogen and oxygen atoms in total. The van der Waals surface area contributed by atoms with Gasteiger partial charge in [-0.3, -0.25) is 4.31 Å². The van der Waals surface area contributed by atoms with Gasteiger partial charge in [0.15, 0.2) is 5.54 Å². The Morgan fingerprint density at radius 2 is 1.73 bits per heavy atom. The van der Waals surface area contributed by atoms with Crippen molar-refractivity contribution in [2.45, 2.75) is 34.1 Å². The second-order valence-corrected chi connectivity index (χ2v) is 15.6. The normalized spacial score (nSPS) is 13.8. The Bertz CT molecular complexity index is 420. The Kier molecular flexibility index (Phi) is 12.7. The monoisotopic (exact) mass is 435 g/mol. The van der Waals surface area contributed by atoms with Gasteiger partial charge in [-0.25, -0.2) is 0 Å². The fourth-order valence-electron chi connectivity index (χ4n) is 1.35. The van der Waals surface area contributed by atoms with Gasteiger partial charge >= 0.3 is 0 Å². The maximum atomic E-state index is 6.05. The molecule has 0 heterocycles. The van der Waals surface area contributed by atoms with Crippen LogP contribution < -0.4 is 0 Å². The SMILES string of the molecule is CCCSP(=S)(N(C)SN(CC)C(=S)SCC)N(C)C(C)=S. The Balaban J connectivity index is 5.18. The van der Waals surface area contributed by atoms with Gasteiger partial charge in [-0.1, -0.05) is 61.4 Å². The van der Waals surface area contributed by atoms with Crippen LogP contribution in [0.1, 0.15) is 34.1 Å². The van der Waals surface area contributed by atoms with Crippen LogP contribution in [0.15, 0.2) is 0 Å². The molecule has 0 aromatic rings. The van der Waals surface area contributed by atoms with Crippen molar-refractivity contribution >= 4 is 86.4 Å². The summed E-state index contributed by atoms with van der Waals surface area (Å²) in [6, 6.07) is 0. The number of nitrogens with zero attached hydrogens (tertiary/aromatic N) is 3. The third kappa shape index (κ3) is 7.13. The first-order valence-corrected chi connectivity index (χ1v) is 13.9. The van der Waals surface area contributed by atoms with Gasteiger partial charge in [0, 0.05) is 38.5 Å². The van der Waals surface area contributed by atoms with Gasteiger partial charge in [0.05, 0.1) is 4.99 Å². The molecule has 22 heavy (non-hydrogen) atoms. The zero-order valence-electron chi connectivity index (χ0n) is 14.1. The fourth-order valence-corrected chi connectivity index (χ4v) is 10.9.